The van der Waals surface area contributed by atoms with Crippen molar-refractivity contribution < 1.29 is 13.2 Å². The number of hydrogen-bond donors (Lipinski definition) is 1. The van der Waals surface area contributed by atoms with Crippen LogP contribution in [0.1, 0.15) is 56.0 Å². The second-order valence-corrected chi connectivity index (χ2v) is 8.90. The molecular weight excluding hydrogens is 386 g/mol. The minimum Gasteiger partial charge on any atom is -0.334 e. The zero-order chi connectivity index (χ0) is 19.5. The number of halogens is 1. The van der Waals surface area contributed by atoms with Gasteiger partial charge in [0.05, 0.1) is 4.90 Å². The molecule has 0 aromatic heterocycles. The molecule has 27 heavy (non-hydrogen) atoms. The molecule has 0 bridgehead atoms. The fourth-order valence-electron chi connectivity index (χ4n) is 3.64. The predicted molar refractivity (Wildman–Crippen MR) is 111 cm³/mol. The molecule has 1 aliphatic rings. The van der Waals surface area contributed by atoms with E-state index in [0.717, 1.165) is 19.3 Å². The van der Waals surface area contributed by atoms with Gasteiger partial charge in [0.15, 0.2) is 0 Å². The minimum atomic E-state index is -3.61. The standard InChI is InChI=1S/C19H31N3O3S.ClH/c1-5-21(6-2)26(24,25)18-13-16(11-10-14(18)3)19(23)22-12-8-7-9-17(22)15(4)20;/h10-11,13,15,17H,5-9,12,20H2,1-4H3;1H. The van der Waals surface area contributed by atoms with Crippen molar-refractivity contribution in [2.45, 2.75) is 63.9 Å². The Balaban J connectivity index is 0.00000364. The SMILES string of the molecule is CCN(CC)S(=O)(=O)c1cc(C(=O)N2CCCCC2C(C)N)ccc1C.Cl. The van der Waals surface area contributed by atoms with Crippen LogP contribution in [0.3, 0.4) is 0 Å². The van der Waals surface area contributed by atoms with Crippen LogP contribution in [-0.4, -0.2) is 55.2 Å². The lowest BCUT2D eigenvalue weighted by atomic mass is 9.96. The van der Waals surface area contributed by atoms with Gasteiger partial charge in [0.1, 0.15) is 0 Å². The van der Waals surface area contributed by atoms with Crippen LogP contribution >= 0.6 is 12.4 Å². The number of carbonyl (C=O) groups excluding carboxylic acids is 1. The van der Waals surface area contributed by atoms with E-state index in [1.54, 1.807) is 19.1 Å². The van der Waals surface area contributed by atoms with Crippen LogP contribution in [0.25, 0.3) is 0 Å². The van der Waals surface area contributed by atoms with E-state index in [2.05, 4.69) is 0 Å². The first kappa shape index (κ1) is 23.9. The molecule has 8 heteroatoms. The molecule has 0 aliphatic carbocycles. The number of amides is 1. The first-order chi connectivity index (χ1) is 12.2. The summed E-state index contributed by atoms with van der Waals surface area (Å²) in [7, 11) is -3.61. The molecule has 1 heterocycles. The minimum absolute atomic E-state index is 0. The van der Waals surface area contributed by atoms with Gasteiger partial charge >= 0.3 is 0 Å². The second-order valence-electron chi connectivity index (χ2n) is 6.99. The maximum absolute atomic E-state index is 13.1. The third-order valence-corrected chi connectivity index (χ3v) is 7.37. The molecule has 0 radical (unpaired) electrons. The molecule has 2 rings (SSSR count). The highest BCUT2D eigenvalue weighted by molar-refractivity contribution is 7.89. The molecule has 1 saturated heterocycles. The van der Waals surface area contributed by atoms with E-state index >= 15 is 0 Å². The van der Waals surface area contributed by atoms with Crippen molar-refractivity contribution in [3.8, 4) is 0 Å². The Labute approximate surface area is 169 Å². The summed E-state index contributed by atoms with van der Waals surface area (Å²) in [5.41, 5.74) is 7.14. The van der Waals surface area contributed by atoms with Crippen LogP contribution in [0.15, 0.2) is 23.1 Å². The topological polar surface area (TPSA) is 83.7 Å². The van der Waals surface area contributed by atoms with E-state index in [-0.39, 0.29) is 35.3 Å². The molecule has 0 spiro atoms. The van der Waals surface area contributed by atoms with E-state index in [1.807, 2.05) is 25.7 Å². The molecular formula is C19H32ClN3O3S. The van der Waals surface area contributed by atoms with Crippen LogP contribution in [0.4, 0.5) is 0 Å². The lowest BCUT2D eigenvalue weighted by molar-refractivity contribution is 0.0583. The van der Waals surface area contributed by atoms with Gasteiger partial charge in [0.2, 0.25) is 10.0 Å². The fraction of sp³-hybridized carbons (Fsp3) is 0.632. The van der Waals surface area contributed by atoms with Crippen LogP contribution in [-0.2, 0) is 10.0 Å². The number of aryl methyl sites for hydroxylation is 1. The molecule has 6 nitrogen and oxygen atoms in total. The van der Waals surface area contributed by atoms with E-state index in [1.165, 1.54) is 10.4 Å². The van der Waals surface area contributed by atoms with Gasteiger partial charge in [-0.2, -0.15) is 4.31 Å². The maximum Gasteiger partial charge on any atom is 0.254 e. The third kappa shape index (κ3) is 5.02. The molecule has 1 aromatic carbocycles. The highest BCUT2D eigenvalue weighted by Crippen LogP contribution is 2.25. The number of likely N-dealkylation sites (tertiary alicyclic amines) is 1. The molecule has 1 fully saturated rings. The van der Waals surface area contributed by atoms with Crippen LogP contribution in [0.5, 0.6) is 0 Å². The first-order valence-corrected chi connectivity index (χ1v) is 10.8. The molecule has 0 saturated carbocycles. The van der Waals surface area contributed by atoms with Crippen molar-refractivity contribution in [2.75, 3.05) is 19.6 Å². The zero-order valence-electron chi connectivity index (χ0n) is 16.6. The van der Waals surface area contributed by atoms with Gasteiger partial charge in [0.25, 0.3) is 5.91 Å². The number of hydrogen-bond acceptors (Lipinski definition) is 4. The quantitative estimate of drug-likeness (QED) is 0.771. The van der Waals surface area contributed by atoms with Crippen molar-refractivity contribution in [3.63, 3.8) is 0 Å². The lowest BCUT2D eigenvalue weighted by Gasteiger charge is -2.38. The highest BCUT2D eigenvalue weighted by Gasteiger charge is 2.31. The lowest BCUT2D eigenvalue weighted by Crippen LogP contribution is -2.51. The summed E-state index contributed by atoms with van der Waals surface area (Å²) in [6.45, 7) is 8.76. The number of rotatable bonds is 6. The second kappa shape index (κ2) is 9.87. The third-order valence-electron chi connectivity index (χ3n) is 5.18. The number of sulfonamides is 1. The van der Waals surface area contributed by atoms with Gasteiger partial charge in [-0.25, -0.2) is 8.42 Å². The summed E-state index contributed by atoms with van der Waals surface area (Å²) in [6.07, 6.45) is 2.90. The Morgan fingerprint density at radius 2 is 1.93 bits per heavy atom. The Kier molecular flexibility index (Phi) is 8.73. The van der Waals surface area contributed by atoms with Gasteiger partial charge in [0, 0.05) is 37.3 Å². The van der Waals surface area contributed by atoms with E-state index in [4.69, 9.17) is 5.73 Å². The summed E-state index contributed by atoms with van der Waals surface area (Å²) in [5.74, 6) is -0.136. The molecule has 154 valence electrons. The summed E-state index contributed by atoms with van der Waals surface area (Å²) in [4.78, 5) is 15.1. The summed E-state index contributed by atoms with van der Waals surface area (Å²) in [6, 6.07) is 4.85. The van der Waals surface area contributed by atoms with Crippen LogP contribution in [0.2, 0.25) is 0 Å². The van der Waals surface area contributed by atoms with Crippen molar-refractivity contribution in [1.82, 2.24) is 9.21 Å². The number of nitrogens with two attached hydrogens (primary N) is 1. The summed E-state index contributed by atoms with van der Waals surface area (Å²) in [5, 5.41) is 0. The van der Waals surface area contributed by atoms with Gasteiger partial charge in [-0.05, 0) is 50.8 Å². The number of piperidine rings is 1. The molecule has 2 unspecified atom stereocenters. The largest absolute Gasteiger partial charge is 0.334 e. The van der Waals surface area contributed by atoms with Gasteiger partial charge < -0.3 is 10.6 Å². The number of carbonyl (C=O) groups is 1. The zero-order valence-corrected chi connectivity index (χ0v) is 18.3. The highest BCUT2D eigenvalue weighted by atomic mass is 35.5. The normalized spacial score (nSPS) is 18.9. The van der Waals surface area contributed by atoms with Gasteiger partial charge in [-0.15, -0.1) is 12.4 Å². The average molecular weight is 418 g/mol. The van der Waals surface area contributed by atoms with Crippen molar-refractivity contribution in [1.29, 1.82) is 0 Å². The molecule has 2 atom stereocenters. The van der Waals surface area contributed by atoms with E-state index in [9.17, 15) is 13.2 Å². The molecule has 1 aliphatic heterocycles. The van der Waals surface area contributed by atoms with E-state index < -0.39 is 10.0 Å². The van der Waals surface area contributed by atoms with Gasteiger partial charge in [-0.1, -0.05) is 19.9 Å². The number of benzene rings is 1. The monoisotopic (exact) mass is 417 g/mol. The summed E-state index contributed by atoms with van der Waals surface area (Å²) < 4.78 is 27.3. The Hall–Kier alpha value is -1.15. The Morgan fingerprint density at radius 3 is 2.48 bits per heavy atom. The average Bonchev–Trinajstić information content (AvgIpc) is 2.62. The Morgan fingerprint density at radius 1 is 1.30 bits per heavy atom. The maximum atomic E-state index is 13.1. The number of nitrogens with zero attached hydrogens (tertiary/aromatic N) is 2. The van der Waals surface area contributed by atoms with Crippen molar-refractivity contribution in [3.05, 3.63) is 29.3 Å². The fourth-order valence-corrected chi connectivity index (χ4v) is 5.34. The summed E-state index contributed by atoms with van der Waals surface area (Å²) >= 11 is 0. The van der Waals surface area contributed by atoms with Crippen LogP contribution < -0.4 is 5.73 Å². The van der Waals surface area contributed by atoms with Gasteiger partial charge in [-0.3, -0.25) is 4.79 Å². The smallest absolute Gasteiger partial charge is 0.254 e. The van der Waals surface area contributed by atoms with Crippen molar-refractivity contribution >= 4 is 28.3 Å². The molecule has 2 N–H and O–H groups in total. The van der Waals surface area contributed by atoms with Crippen molar-refractivity contribution in [2.24, 2.45) is 5.73 Å². The van der Waals surface area contributed by atoms with E-state index in [0.29, 0.717) is 30.8 Å². The predicted octanol–water partition coefficient (Wildman–Crippen LogP) is 2.79. The van der Waals surface area contributed by atoms with Crippen LogP contribution in [0, 0.1) is 6.92 Å². The molecule has 1 aromatic rings. The first-order valence-electron chi connectivity index (χ1n) is 9.41. The Bertz CT molecular complexity index is 749. The molecule has 1 amide bonds.